The molecule has 140 valence electrons. The lowest BCUT2D eigenvalue weighted by Crippen LogP contribution is -2.55. The summed E-state index contributed by atoms with van der Waals surface area (Å²) in [7, 11) is 1.82. The summed E-state index contributed by atoms with van der Waals surface area (Å²) < 4.78 is 1.88. The van der Waals surface area contributed by atoms with Gasteiger partial charge in [-0.2, -0.15) is 0 Å². The van der Waals surface area contributed by atoms with Gasteiger partial charge >= 0.3 is 5.97 Å². The fourth-order valence-corrected chi connectivity index (χ4v) is 3.69. The van der Waals surface area contributed by atoms with E-state index in [4.69, 9.17) is 28.2 Å². The molecule has 2 aromatic heterocycles. The lowest BCUT2D eigenvalue weighted by molar-refractivity contribution is -0.142. The maximum absolute atomic E-state index is 11.6. The number of hydrogen-bond acceptors (Lipinski definition) is 5. The van der Waals surface area contributed by atoms with Crippen molar-refractivity contribution in [2.75, 3.05) is 31.6 Å². The Bertz CT molecular complexity index is 1010. The van der Waals surface area contributed by atoms with Gasteiger partial charge in [0, 0.05) is 43.5 Å². The molecule has 0 bridgehead atoms. The van der Waals surface area contributed by atoms with Crippen LogP contribution in [0.25, 0.3) is 16.6 Å². The fourth-order valence-electron chi connectivity index (χ4n) is 3.33. The van der Waals surface area contributed by atoms with Crippen molar-refractivity contribution in [1.29, 1.82) is 0 Å². The summed E-state index contributed by atoms with van der Waals surface area (Å²) in [5.74, 6) is -0.186. The molecule has 7 nitrogen and oxygen atoms in total. The molecule has 3 aromatic rings. The molecule has 0 spiro atoms. The Morgan fingerprint density at radius 3 is 2.81 bits per heavy atom. The van der Waals surface area contributed by atoms with E-state index in [1.165, 1.54) is 0 Å². The van der Waals surface area contributed by atoms with E-state index in [9.17, 15) is 9.90 Å². The van der Waals surface area contributed by atoms with Crippen LogP contribution in [-0.4, -0.2) is 63.2 Å². The van der Waals surface area contributed by atoms with Gasteiger partial charge in [0.1, 0.15) is 11.9 Å². The Labute approximate surface area is 165 Å². The number of benzene rings is 1. The first-order valence-corrected chi connectivity index (χ1v) is 9.16. The van der Waals surface area contributed by atoms with E-state index in [0.717, 1.165) is 11.1 Å². The number of piperazine rings is 1. The number of aromatic nitrogens is 3. The summed E-state index contributed by atoms with van der Waals surface area (Å²) in [5.41, 5.74) is 1.44. The van der Waals surface area contributed by atoms with Crippen LogP contribution in [0.2, 0.25) is 10.0 Å². The lowest BCUT2D eigenvalue weighted by Gasteiger charge is -2.38. The molecule has 0 amide bonds. The number of hydrogen-bond donors (Lipinski definition) is 1. The molecule has 0 aliphatic carbocycles. The Kier molecular flexibility index (Phi) is 4.67. The number of carbonyl (C=O) groups is 1. The van der Waals surface area contributed by atoms with Crippen LogP contribution in [0.1, 0.15) is 0 Å². The van der Waals surface area contributed by atoms with Crippen LogP contribution in [0.5, 0.6) is 0 Å². The van der Waals surface area contributed by atoms with E-state index in [0.29, 0.717) is 41.0 Å². The highest BCUT2D eigenvalue weighted by molar-refractivity contribution is 6.45. The monoisotopic (exact) mass is 405 g/mol. The third-order valence-corrected chi connectivity index (χ3v) is 5.67. The number of halogens is 2. The Morgan fingerprint density at radius 2 is 2.11 bits per heavy atom. The number of likely N-dealkylation sites (N-methyl/N-ethyl adjacent to an activating group) is 1. The minimum absolute atomic E-state index is 0.339. The maximum atomic E-state index is 11.6. The summed E-state index contributed by atoms with van der Waals surface area (Å²) >= 11 is 12.6. The van der Waals surface area contributed by atoms with Gasteiger partial charge in [-0.3, -0.25) is 9.69 Å². The van der Waals surface area contributed by atoms with Gasteiger partial charge in [0.05, 0.1) is 27.6 Å². The van der Waals surface area contributed by atoms with Crippen molar-refractivity contribution in [2.45, 2.75) is 6.04 Å². The van der Waals surface area contributed by atoms with Crippen molar-refractivity contribution in [1.82, 2.24) is 19.4 Å². The Morgan fingerprint density at radius 1 is 1.30 bits per heavy atom. The maximum Gasteiger partial charge on any atom is 0.322 e. The first-order valence-electron chi connectivity index (χ1n) is 8.41. The third-order valence-electron chi connectivity index (χ3n) is 4.88. The number of nitrogens with zero attached hydrogens (tertiary/aromatic N) is 5. The molecule has 1 aromatic carbocycles. The van der Waals surface area contributed by atoms with E-state index < -0.39 is 12.0 Å². The summed E-state index contributed by atoms with van der Waals surface area (Å²) in [6.07, 6.45) is 5.23. The average Bonchev–Trinajstić information content (AvgIpc) is 3.19. The van der Waals surface area contributed by atoms with E-state index >= 15 is 0 Å². The van der Waals surface area contributed by atoms with Gasteiger partial charge in [-0.15, -0.1) is 0 Å². The predicted octanol–water partition coefficient (Wildman–Crippen LogP) is 2.93. The number of fused-ring (bicyclic) bond motifs is 1. The molecule has 0 radical (unpaired) electrons. The zero-order valence-corrected chi connectivity index (χ0v) is 16.0. The normalized spacial score (nSPS) is 18.2. The standard InChI is InChI=1S/C18H17Cl2N5O2/c1-23-6-7-24(9-14(23)18(26)27)15-8-13(25-5-4-21-10-25)11-2-3-12(19)16(20)17(11)22-15/h2-5,8,10,14H,6-7,9H2,1H3,(H,26,27). The second-order valence-electron chi connectivity index (χ2n) is 6.51. The van der Waals surface area contributed by atoms with Gasteiger partial charge in [-0.25, -0.2) is 9.97 Å². The van der Waals surface area contributed by atoms with Crippen LogP contribution < -0.4 is 4.90 Å². The van der Waals surface area contributed by atoms with Crippen LogP contribution >= 0.6 is 23.2 Å². The molecule has 1 atom stereocenters. The summed E-state index contributed by atoms with van der Waals surface area (Å²) in [5, 5.41) is 11.1. The van der Waals surface area contributed by atoms with E-state index in [-0.39, 0.29) is 0 Å². The molecule has 1 unspecified atom stereocenters. The molecular formula is C18H17Cl2N5O2. The van der Waals surface area contributed by atoms with Crippen molar-refractivity contribution in [2.24, 2.45) is 0 Å². The number of imidazole rings is 1. The van der Waals surface area contributed by atoms with Crippen molar-refractivity contribution in [3.63, 3.8) is 0 Å². The number of carboxylic acids is 1. The second kappa shape index (κ2) is 6.99. The highest BCUT2D eigenvalue weighted by atomic mass is 35.5. The number of pyridine rings is 1. The van der Waals surface area contributed by atoms with Crippen molar-refractivity contribution in [3.05, 3.63) is 47.0 Å². The van der Waals surface area contributed by atoms with Crippen LogP contribution in [0.3, 0.4) is 0 Å². The van der Waals surface area contributed by atoms with Crippen LogP contribution in [0.15, 0.2) is 36.9 Å². The molecule has 1 aliphatic rings. The number of anilines is 1. The molecule has 4 rings (SSSR count). The molecule has 9 heteroatoms. The largest absolute Gasteiger partial charge is 0.480 e. The smallest absolute Gasteiger partial charge is 0.322 e. The average molecular weight is 406 g/mol. The lowest BCUT2D eigenvalue weighted by atomic mass is 10.1. The SMILES string of the molecule is CN1CCN(c2cc(-n3ccnc3)c3ccc(Cl)c(Cl)c3n2)CC1C(=O)O. The number of aliphatic carboxylic acids is 1. The summed E-state index contributed by atoms with van der Waals surface area (Å²) in [4.78, 5) is 24.2. The minimum atomic E-state index is -0.848. The van der Waals surface area contributed by atoms with Gasteiger partial charge in [-0.05, 0) is 19.2 Å². The second-order valence-corrected chi connectivity index (χ2v) is 7.29. The van der Waals surface area contributed by atoms with Crippen molar-refractivity contribution >= 4 is 45.9 Å². The fraction of sp³-hybridized carbons (Fsp3) is 0.278. The van der Waals surface area contributed by atoms with Gasteiger partial charge in [0.2, 0.25) is 0 Å². The summed E-state index contributed by atoms with van der Waals surface area (Å²) in [6, 6.07) is 4.95. The quantitative estimate of drug-likeness (QED) is 0.721. The summed E-state index contributed by atoms with van der Waals surface area (Å²) in [6.45, 7) is 1.63. The first kappa shape index (κ1) is 18.0. The van der Waals surface area contributed by atoms with Crippen LogP contribution in [-0.2, 0) is 4.79 Å². The zero-order chi connectivity index (χ0) is 19.1. The molecule has 1 aliphatic heterocycles. The van der Waals surface area contributed by atoms with E-state index in [1.807, 2.05) is 39.7 Å². The van der Waals surface area contributed by atoms with Crippen molar-refractivity contribution < 1.29 is 9.90 Å². The van der Waals surface area contributed by atoms with Gasteiger partial charge < -0.3 is 14.6 Å². The zero-order valence-electron chi connectivity index (χ0n) is 14.5. The predicted molar refractivity (Wildman–Crippen MR) is 105 cm³/mol. The van der Waals surface area contributed by atoms with Gasteiger partial charge in [0.15, 0.2) is 0 Å². The van der Waals surface area contributed by atoms with Gasteiger partial charge in [-0.1, -0.05) is 23.2 Å². The molecule has 1 N–H and O–H groups in total. The first-order chi connectivity index (χ1) is 13.0. The van der Waals surface area contributed by atoms with E-state index in [1.54, 1.807) is 18.6 Å². The molecule has 1 saturated heterocycles. The van der Waals surface area contributed by atoms with E-state index in [2.05, 4.69) is 4.98 Å². The minimum Gasteiger partial charge on any atom is -0.480 e. The highest BCUT2D eigenvalue weighted by Crippen LogP contribution is 2.35. The number of rotatable bonds is 3. The van der Waals surface area contributed by atoms with Gasteiger partial charge in [0.25, 0.3) is 0 Å². The van der Waals surface area contributed by atoms with Crippen molar-refractivity contribution in [3.8, 4) is 5.69 Å². The highest BCUT2D eigenvalue weighted by Gasteiger charge is 2.31. The molecule has 27 heavy (non-hydrogen) atoms. The Hall–Kier alpha value is -2.35. The van der Waals surface area contributed by atoms with Crippen LogP contribution in [0.4, 0.5) is 5.82 Å². The topological polar surface area (TPSA) is 74.5 Å². The molecular weight excluding hydrogens is 389 g/mol. The molecule has 0 saturated carbocycles. The third kappa shape index (κ3) is 3.22. The molecule has 3 heterocycles. The van der Waals surface area contributed by atoms with Crippen LogP contribution in [0, 0.1) is 0 Å². The Balaban J connectivity index is 1.86. The number of carboxylic acid groups (broad SMARTS) is 1. The molecule has 1 fully saturated rings.